The third-order valence-electron chi connectivity index (χ3n) is 2.88. The normalized spacial score (nSPS) is 10.7. The summed E-state index contributed by atoms with van der Waals surface area (Å²) in [6.45, 7) is 9.23. The van der Waals surface area contributed by atoms with E-state index in [1.807, 2.05) is 0 Å². The average molecular weight is 271 g/mol. The Kier molecular flexibility index (Phi) is 4.50. The van der Waals surface area contributed by atoms with Crippen LogP contribution in [0.1, 0.15) is 25.0 Å². The van der Waals surface area contributed by atoms with Gasteiger partial charge in [-0.2, -0.15) is 10.1 Å². The van der Waals surface area contributed by atoms with Crippen LogP contribution in [-0.2, 0) is 0 Å². The molecular formula is C15H21N5. The first-order chi connectivity index (χ1) is 9.54. The molecule has 2 rings (SSSR count). The lowest BCUT2D eigenvalue weighted by atomic mass is 10.1. The van der Waals surface area contributed by atoms with Gasteiger partial charge in [-0.05, 0) is 37.0 Å². The Morgan fingerprint density at radius 3 is 2.75 bits per heavy atom. The summed E-state index contributed by atoms with van der Waals surface area (Å²) < 4.78 is 0. The summed E-state index contributed by atoms with van der Waals surface area (Å²) in [5.41, 5.74) is 3.42. The smallest absolute Gasteiger partial charge is 0.244 e. The van der Waals surface area contributed by atoms with Gasteiger partial charge >= 0.3 is 0 Å². The van der Waals surface area contributed by atoms with Gasteiger partial charge < -0.3 is 10.6 Å². The van der Waals surface area contributed by atoms with E-state index in [1.54, 1.807) is 6.20 Å². The molecule has 0 spiro atoms. The summed E-state index contributed by atoms with van der Waals surface area (Å²) in [4.78, 5) is 4.41. The van der Waals surface area contributed by atoms with Gasteiger partial charge in [0, 0.05) is 12.2 Å². The summed E-state index contributed by atoms with van der Waals surface area (Å²) in [5.74, 6) is 1.78. The van der Waals surface area contributed by atoms with Crippen LogP contribution in [0.2, 0.25) is 0 Å². The molecule has 1 heterocycles. The first-order valence-electron chi connectivity index (χ1n) is 6.82. The third kappa shape index (κ3) is 3.91. The Morgan fingerprint density at radius 2 is 2.00 bits per heavy atom. The van der Waals surface area contributed by atoms with Crippen molar-refractivity contribution in [2.75, 3.05) is 17.2 Å². The first-order valence-corrected chi connectivity index (χ1v) is 6.82. The van der Waals surface area contributed by atoms with Crippen molar-refractivity contribution in [3.63, 3.8) is 0 Å². The predicted octanol–water partition coefficient (Wildman–Crippen LogP) is 3.30. The van der Waals surface area contributed by atoms with E-state index < -0.39 is 0 Å². The second kappa shape index (κ2) is 6.32. The van der Waals surface area contributed by atoms with Crippen LogP contribution in [0.3, 0.4) is 0 Å². The number of benzene rings is 1. The molecule has 1 aromatic carbocycles. The maximum atomic E-state index is 4.41. The molecule has 5 heteroatoms. The number of hydrogen-bond acceptors (Lipinski definition) is 5. The predicted molar refractivity (Wildman–Crippen MR) is 82.4 cm³/mol. The Hall–Kier alpha value is -2.17. The van der Waals surface area contributed by atoms with Gasteiger partial charge in [-0.1, -0.05) is 26.0 Å². The van der Waals surface area contributed by atoms with Gasteiger partial charge in [0.1, 0.15) is 0 Å². The van der Waals surface area contributed by atoms with Crippen LogP contribution in [0.4, 0.5) is 17.5 Å². The Labute approximate surface area is 119 Å². The van der Waals surface area contributed by atoms with Crippen molar-refractivity contribution in [3.05, 3.63) is 35.5 Å². The van der Waals surface area contributed by atoms with Crippen LogP contribution in [0.25, 0.3) is 0 Å². The molecule has 0 fully saturated rings. The lowest BCUT2D eigenvalue weighted by Gasteiger charge is -2.11. The minimum absolute atomic E-state index is 0.536. The highest BCUT2D eigenvalue weighted by molar-refractivity contribution is 5.61. The molecular weight excluding hydrogens is 250 g/mol. The van der Waals surface area contributed by atoms with Gasteiger partial charge in [0.15, 0.2) is 5.82 Å². The van der Waals surface area contributed by atoms with E-state index >= 15 is 0 Å². The molecule has 0 bridgehead atoms. The van der Waals surface area contributed by atoms with Crippen LogP contribution in [0, 0.1) is 19.8 Å². The number of anilines is 3. The van der Waals surface area contributed by atoms with Gasteiger partial charge in [-0.3, -0.25) is 0 Å². The van der Waals surface area contributed by atoms with Gasteiger partial charge in [-0.25, -0.2) is 0 Å². The topological polar surface area (TPSA) is 62.7 Å². The molecule has 106 valence electrons. The molecule has 0 aliphatic carbocycles. The maximum Gasteiger partial charge on any atom is 0.244 e. The van der Waals surface area contributed by atoms with Crippen LogP contribution >= 0.6 is 0 Å². The number of nitrogens with one attached hydrogen (secondary N) is 2. The lowest BCUT2D eigenvalue weighted by Crippen LogP contribution is -2.11. The maximum absolute atomic E-state index is 4.41. The fourth-order valence-electron chi connectivity index (χ4n) is 1.74. The fourth-order valence-corrected chi connectivity index (χ4v) is 1.74. The molecule has 0 aliphatic heterocycles. The molecule has 0 aliphatic rings. The number of aryl methyl sites for hydroxylation is 2. The zero-order valence-corrected chi connectivity index (χ0v) is 12.4. The van der Waals surface area contributed by atoms with Crippen molar-refractivity contribution in [1.82, 2.24) is 15.2 Å². The first kappa shape index (κ1) is 14.2. The van der Waals surface area contributed by atoms with Crippen LogP contribution in [0.15, 0.2) is 24.4 Å². The van der Waals surface area contributed by atoms with Gasteiger partial charge in [0.25, 0.3) is 0 Å². The van der Waals surface area contributed by atoms with Crippen LogP contribution in [0.5, 0.6) is 0 Å². The largest absolute Gasteiger partial charge is 0.353 e. The van der Waals surface area contributed by atoms with E-state index in [0.717, 1.165) is 12.2 Å². The highest BCUT2D eigenvalue weighted by Gasteiger charge is 2.04. The Balaban J connectivity index is 2.13. The average Bonchev–Trinajstić information content (AvgIpc) is 2.41. The lowest BCUT2D eigenvalue weighted by molar-refractivity contribution is 0.682. The number of nitrogens with zero attached hydrogens (tertiary/aromatic N) is 3. The Morgan fingerprint density at radius 1 is 1.20 bits per heavy atom. The third-order valence-corrected chi connectivity index (χ3v) is 2.88. The van der Waals surface area contributed by atoms with Crippen molar-refractivity contribution in [1.29, 1.82) is 0 Å². The number of aromatic nitrogens is 3. The fraction of sp³-hybridized carbons (Fsp3) is 0.400. The number of rotatable bonds is 5. The van der Waals surface area contributed by atoms with Crippen LogP contribution in [-0.4, -0.2) is 21.7 Å². The molecule has 0 atom stereocenters. The second-order valence-electron chi connectivity index (χ2n) is 5.38. The van der Waals surface area contributed by atoms with E-state index in [2.05, 4.69) is 71.7 Å². The minimum atomic E-state index is 0.536. The van der Waals surface area contributed by atoms with Crippen molar-refractivity contribution in [2.45, 2.75) is 27.7 Å². The van der Waals surface area contributed by atoms with Gasteiger partial charge in [0.05, 0.1) is 6.20 Å². The standard InChI is InChI=1S/C15H21N5/c1-10(2)8-16-15-19-14(9-17-20-15)18-13-7-11(3)5-6-12(13)4/h5-7,9-10H,8H2,1-4H3,(H2,16,18,19,20). The summed E-state index contributed by atoms with van der Waals surface area (Å²) in [6.07, 6.45) is 1.63. The molecule has 2 N–H and O–H groups in total. The minimum Gasteiger partial charge on any atom is -0.353 e. The molecule has 0 radical (unpaired) electrons. The van der Waals surface area contributed by atoms with Gasteiger partial charge in [-0.15, -0.1) is 5.10 Å². The Bertz CT molecular complexity index is 580. The molecule has 5 nitrogen and oxygen atoms in total. The summed E-state index contributed by atoms with van der Waals surface area (Å²) >= 11 is 0. The van der Waals surface area contributed by atoms with E-state index in [-0.39, 0.29) is 0 Å². The molecule has 20 heavy (non-hydrogen) atoms. The highest BCUT2D eigenvalue weighted by atomic mass is 15.3. The molecule has 0 saturated carbocycles. The number of hydrogen-bond donors (Lipinski definition) is 2. The molecule has 0 saturated heterocycles. The summed E-state index contributed by atoms with van der Waals surface area (Å²) in [5, 5.41) is 14.4. The summed E-state index contributed by atoms with van der Waals surface area (Å²) in [7, 11) is 0. The van der Waals surface area contributed by atoms with Gasteiger partial charge in [0.2, 0.25) is 5.95 Å². The summed E-state index contributed by atoms with van der Waals surface area (Å²) in [6, 6.07) is 6.28. The second-order valence-corrected chi connectivity index (χ2v) is 5.38. The van der Waals surface area contributed by atoms with Crippen LogP contribution < -0.4 is 10.6 Å². The van der Waals surface area contributed by atoms with Crippen molar-refractivity contribution >= 4 is 17.5 Å². The molecule has 2 aromatic rings. The van der Waals surface area contributed by atoms with Crippen molar-refractivity contribution < 1.29 is 0 Å². The molecule has 0 unspecified atom stereocenters. The monoisotopic (exact) mass is 271 g/mol. The molecule has 0 amide bonds. The SMILES string of the molecule is Cc1ccc(C)c(Nc2cnnc(NCC(C)C)n2)c1. The van der Waals surface area contributed by atoms with E-state index in [9.17, 15) is 0 Å². The van der Waals surface area contributed by atoms with Crippen molar-refractivity contribution in [2.24, 2.45) is 5.92 Å². The highest BCUT2D eigenvalue weighted by Crippen LogP contribution is 2.20. The van der Waals surface area contributed by atoms with E-state index in [1.165, 1.54) is 11.1 Å². The zero-order valence-electron chi connectivity index (χ0n) is 12.4. The molecule has 1 aromatic heterocycles. The van der Waals surface area contributed by atoms with E-state index in [0.29, 0.717) is 17.7 Å². The quantitative estimate of drug-likeness (QED) is 0.873. The zero-order chi connectivity index (χ0) is 14.5. The van der Waals surface area contributed by atoms with Crippen molar-refractivity contribution in [3.8, 4) is 0 Å². The van der Waals surface area contributed by atoms with E-state index in [4.69, 9.17) is 0 Å².